The zero-order chi connectivity index (χ0) is 11.0. The van der Waals surface area contributed by atoms with Gasteiger partial charge in [-0.2, -0.15) is 0 Å². The normalized spacial score (nSPS) is 20.1. The fraction of sp³-hybridized carbons (Fsp3) is 0.700. The summed E-state index contributed by atoms with van der Waals surface area (Å²) in [6.45, 7) is 6.63. The summed E-state index contributed by atoms with van der Waals surface area (Å²) in [6.07, 6.45) is 4.43. The van der Waals surface area contributed by atoms with E-state index in [1.165, 1.54) is 0 Å². The van der Waals surface area contributed by atoms with Crippen molar-refractivity contribution in [3.05, 3.63) is 12.3 Å². The van der Waals surface area contributed by atoms with Crippen LogP contribution in [0.25, 0.3) is 0 Å². The molecule has 1 aliphatic rings. The van der Waals surface area contributed by atoms with Gasteiger partial charge in [-0.05, 0) is 33.4 Å². The highest BCUT2D eigenvalue weighted by Gasteiger charge is 2.07. The lowest BCUT2D eigenvalue weighted by Crippen LogP contribution is -2.25. The van der Waals surface area contributed by atoms with Crippen LogP contribution in [-0.2, 0) is 9.53 Å². The van der Waals surface area contributed by atoms with Crippen molar-refractivity contribution in [2.45, 2.75) is 38.9 Å². The predicted octanol–water partition coefficient (Wildman–Crippen LogP) is 0.812. The first-order valence-corrected chi connectivity index (χ1v) is 4.63. The van der Waals surface area contributed by atoms with Crippen molar-refractivity contribution in [1.29, 1.82) is 0 Å². The number of hydrogen-bond donors (Lipinski definition) is 2. The second-order valence-electron chi connectivity index (χ2n) is 4.03. The highest BCUT2D eigenvalue weighted by Crippen LogP contribution is 2.02. The Morgan fingerprint density at radius 3 is 2.36 bits per heavy atom. The van der Waals surface area contributed by atoms with Gasteiger partial charge < -0.3 is 15.2 Å². The summed E-state index contributed by atoms with van der Waals surface area (Å²) in [6, 6.07) is 0. The van der Waals surface area contributed by atoms with Crippen LogP contribution < -0.4 is 5.32 Å². The third-order valence-corrected chi connectivity index (χ3v) is 1.40. The molecule has 0 saturated heterocycles. The van der Waals surface area contributed by atoms with Gasteiger partial charge in [0.15, 0.2) is 0 Å². The smallest absolute Gasteiger partial charge is 0.293 e. The average Bonchev–Trinajstić information content (AvgIpc) is 2.04. The van der Waals surface area contributed by atoms with Gasteiger partial charge in [0, 0.05) is 6.54 Å². The lowest BCUT2D eigenvalue weighted by atomic mass is 10.2. The quantitative estimate of drug-likeness (QED) is 0.616. The average molecular weight is 201 g/mol. The summed E-state index contributed by atoms with van der Waals surface area (Å²) in [7, 11) is 0. The van der Waals surface area contributed by atoms with Crippen molar-refractivity contribution in [1.82, 2.24) is 5.32 Å². The van der Waals surface area contributed by atoms with Crippen LogP contribution in [0.4, 0.5) is 0 Å². The molecular weight excluding hydrogens is 182 g/mol. The Labute approximate surface area is 85.0 Å². The molecule has 1 aliphatic heterocycles. The van der Waals surface area contributed by atoms with E-state index in [0.29, 0.717) is 13.0 Å². The number of carbonyl (C=O) groups excluding carboxylic acids is 1. The number of hydrogen-bond acceptors (Lipinski definition) is 4. The van der Waals surface area contributed by atoms with Gasteiger partial charge in [0.1, 0.15) is 5.60 Å². The Balaban J connectivity index is 0.000000241. The Hall–Kier alpha value is -1.03. The molecule has 0 amide bonds. The van der Waals surface area contributed by atoms with Crippen molar-refractivity contribution in [3.63, 3.8) is 0 Å². The van der Waals surface area contributed by atoms with Gasteiger partial charge in [-0.15, -0.1) is 0 Å². The molecule has 0 aromatic heterocycles. The van der Waals surface area contributed by atoms with Crippen molar-refractivity contribution < 1.29 is 14.6 Å². The number of aliphatic hydroxyl groups is 1. The van der Waals surface area contributed by atoms with Crippen molar-refractivity contribution in [3.8, 4) is 0 Å². The second kappa shape index (κ2) is 6.43. The van der Waals surface area contributed by atoms with E-state index < -0.39 is 0 Å². The Bertz CT molecular complexity index is 184. The van der Waals surface area contributed by atoms with E-state index in [9.17, 15) is 4.79 Å². The van der Waals surface area contributed by atoms with E-state index in [-0.39, 0.29) is 11.7 Å². The molecular formula is C10H19NO3. The molecule has 0 aromatic rings. The third-order valence-electron chi connectivity index (χ3n) is 1.40. The van der Waals surface area contributed by atoms with Crippen LogP contribution in [0.5, 0.6) is 0 Å². The van der Waals surface area contributed by atoms with Gasteiger partial charge in [0.25, 0.3) is 6.47 Å². The van der Waals surface area contributed by atoms with Crippen LogP contribution in [0.2, 0.25) is 0 Å². The van der Waals surface area contributed by atoms with Gasteiger partial charge in [0.2, 0.25) is 0 Å². The predicted molar refractivity (Wildman–Crippen MR) is 54.7 cm³/mol. The summed E-state index contributed by atoms with van der Waals surface area (Å²) < 4.78 is 4.55. The first-order valence-electron chi connectivity index (χ1n) is 4.63. The van der Waals surface area contributed by atoms with Gasteiger partial charge in [-0.1, -0.05) is 6.08 Å². The first-order chi connectivity index (χ1) is 6.45. The van der Waals surface area contributed by atoms with Crippen LogP contribution >= 0.6 is 0 Å². The molecule has 0 spiro atoms. The maximum absolute atomic E-state index is 9.60. The summed E-state index contributed by atoms with van der Waals surface area (Å²) >= 11 is 0. The van der Waals surface area contributed by atoms with Crippen molar-refractivity contribution >= 4 is 6.47 Å². The minimum Gasteiger partial charge on any atom is -0.462 e. The molecule has 0 bridgehead atoms. The van der Waals surface area contributed by atoms with Crippen LogP contribution in [0, 0.1) is 0 Å². The molecule has 0 radical (unpaired) electrons. The summed E-state index contributed by atoms with van der Waals surface area (Å²) in [5.41, 5.74) is -0.318. The molecule has 0 aromatic carbocycles. The molecule has 0 saturated carbocycles. The first kappa shape index (κ1) is 13.0. The van der Waals surface area contributed by atoms with E-state index >= 15 is 0 Å². The molecule has 0 aliphatic carbocycles. The lowest BCUT2D eigenvalue weighted by Gasteiger charge is -2.14. The number of aliphatic hydroxyl groups excluding tert-OH is 1. The van der Waals surface area contributed by atoms with Crippen molar-refractivity contribution in [2.75, 3.05) is 6.54 Å². The molecule has 0 fully saturated rings. The SMILES string of the molecule is CC(C)(C)OC=O.OC1CC=CNC1. The minimum absolute atomic E-state index is 0.162. The lowest BCUT2D eigenvalue weighted by molar-refractivity contribution is -0.138. The van der Waals surface area contributed by atoms with Crippen LogP contribution in [-0.4, -0.2) is 29.8 Å². The molecule has 4 nitrogen and oxygen atoms in total. The Morgan fingerprint density at radius 1 is 1.57 bits per heavy atom. The minimum atomic E-state index is -0.318. The zero-order valence-electron chi connectivity index (χ0n) is 8.99. The molecule has 82 valence electrons. The van der Waals surface area contributed by atoms with Gasteiger partial charge >= 0.3 is 0 Å². The van der Waals surface area contributed by atoms with Crippen LogP contribution in [0.3, 0.4) is 0 Å². The molecule has 14 heavy (non-hydrogen) atoms. The number of nitrogens with one attached hydrogen (secondary N) is 1. The monoisotopic (exact) mass is 201 g/mol. The summed E-state index contributed by atoms with van der Waals surface area (Å²) in [5.74, 6) is 0. The number of β-amino-alcohol motifs (C(OH)–C–C–N with tert-alkyl or cyclic N) is 1. The standard InChI is InChI=1S/C5H9NO.C5H10O2/c7-5-2-1-3-6-4-5;1-5(2,3)7-4-6/h1,3,5-7H,2,4H2;4H,1-3H3. The van der Waals surface area contributed by atoms with Gasteiger partial charge in [0.05, 0.1) is 6.10 Å². The van der Waals surface area contributed by atoms with E-state index in [4.69, 9.17) is 5.11 Å². The molecule has 1 atom stereocenters. The van der Waals surface area contributed by atoms with Crippen LogP contribution in [0.15, 0.2) is 12.3 Å². The second-order valence-corrected chi connectivity index (χ2v) is 4.03. The highest BCUT2D eigenvalue weighted by atomic mass is 16.5. The Kier molecular flexibility index (Phi) is 5.95. The Morgan fingerprint density at radius 2 is 2.21 bits per heavy atom. The maximum atomic E-state index is 9.60. The fourth-order valence-corrected chi connectivity index (χ4v) is 0.740. The van der Waals surface area contributed by atoms with E-state index in [0.717, 1.165) is 6.42 Å². The highest BCUT2D eigenvalue weighted by molar-refractivity contribution is 5.37. The van der Waals surface area contributed by atoms with Gasteiger partial charge in [-0.25, -0.2) is 0 Å². The molecule has 1 rings (SSSR count). The maximum Gasteiger partial charge on any atom is 0.293 e. The third kappa shape index (κ3) is 9.06. The number of ether oxygens (including phenoxy) is 1. The fourth-order valence-electron chi connectivity index (χ4n) is 0.740. The molecule has 1 unspecified atom stereocenters. The molecule has 1 heterocycles. The van der Waals surface area contributed by atoms with E-state index in [1.807, 2.05) is 33.0 Å². The van der Waals surface area contributed by atoms with Crippen LogP contribution in [0.1, 0.15) is 27.2 Å². The summed E-state index contributed by atoms with van der Waals surface area (Å²) in [4.78, 5) is 9.60. The molecule has 2 N–H and O–H groups in total. The summed E-state index contributed by atoms with van der Waals surface area (Å²) in [5, 5.41) is 11.7. The molecule has 4 heteroatoms. The van der Waals surface area contributed by atoms with E-state index in [1.54, 1.807) is 0 Å². The largest absolute Gasteiger partial charge is 0.462 e. The van der Waals surface area contributed by atoms with Gasteiger partial charge in [-0.3, -0.25) is 4.79 Å². The number of rotatable bonds is 1. The number of carbonyl (C=O) groups is 1. The van der Waals surface area contributed by atoms with E-state index in [2.05, 4.69) is 10.1 Å². The van der Waals surface area contributed by atoms with Crippen molar-refractivity contribution in [2.24, 2.45) is 0 Å². The topological polar surface area (TPSA) is 58.6 Å². The zero-order valence-corrected chi connectivity index (χ0v) is 8.99.